The third-order valence-electron chi connectivity index (χ3n) is 4.99. The van der Waals surface area contributed by atoms with Gasteiger partial charge in [0.05, 0.1) is 12.7 Å². The van der Waals surface area contributed by atoms with E-state index in [2.05, 4.69) is 10.6 Å². The molecule has 0 unspecified atom stereocenters. The SMILES string of the molecule is CC/C(=C\C=C(/C)C(=O)OC)[C@H](C)NC(=O)c1c(NC)sc2c1CCCC2. The minimum absolute atomic E-state index is 0.0285. The van der Waals surface area contributed by atoms with Gasteiger partial charge in [-0.15, -0.1) is 11.3 Å². The van der Waals surface area contributed by atoms with Gasteiger partial charge in [-0.25, -0.2) is 4.79 Å². The minimum atomic E-state index is -0.345. The summed E-state index contributed by atoms with van der Waals surface area (Å²) < 4.78 is 4.72. The van der Waals surface area contributed by atoms with Crippen molar-refractivity contribution in [1.82, 2.24) is 5.32 Å². The lowest BCUT2D eigenvalue weighted by atomic mass is 9.95. The van der Waals surface area contributed by atoms with Crippen molar-refractivity contribution in [2.24, 2.45) is 0 Å². The van der Waals surface area contributed by atoms with E-state index in [0.29, 0.717) is 5.57 Å². The number of amides is 1. The standard InChI is InChI=1S/C21H30N2O3S/c1-6-15(12-11-13(2)21(25)26-5)14(3)23-19(24)18-16-9-7-8-10-17(16)27-20(18)22-4/h11-12,14,22H,6-10H2,1-5H3,(H,23,24)/b13-11+,15-12+/t14-/m0/s1. The second-order valence-corrected chi connectivity index (χ2v) is 7.90. The van der Waals surface area contributed by atoms with Gasteiger partial charge in [-0.1, -0.05) is 19.1 Å². The summed E-state index contributed by atoms with van der Waals surface area (Å²) >= 11 is 1.70. The van der Waals surface area contributed by atoms with Crippen LogP contribution in [0.2, 0.25) is 0 Å². The summed E-state index contributed by atoms with van der Waals surface area (Å²) in [6, 6.07) is -0.118. The van der Waals surface area contributed by atoms with Gasteiger partial charge < -0.3 is 15.4 Å². The van der Waals surface area contributed by atoms with E-state index in [-0.39, 0.29) is 17.9 Å². The summed E-state index contributed by atoms with van der Waals surface area (Å²) in [7, 11) is 3.24. The number of anilines is 1. The molecule has 1 aromatic rings. The molecular formula is C21H30N2O3S. The maximum atomic E-state index is 13.0. The normalized spacial score (nSPS) is 15.7. The highest BCUT2D eigenvalue weighted by molar-refractivity contribution is 7.16. The van der Waals surface area contributed by atoms with E-state index in [4.69, 9.17) is 4.74 Å². The molecular weight excluding hydrogens is 360 g/mol. The molecule has 0 radical (unpaired) electrons. The number of allylic oxidation sites excluding steroid dienone is 2. The minimum Gasteiger partial charge on any atom is -0.466 e. The molecule has 0 aliphatic heterocycles. The van der Waals surface area contributed by atoms with Crippen molar-refractivity contribution in [2.75, 3.05) is 19.5 Å². The number of carbonyl (C=O) groups excluding carboxylic acids is 2. The van der Waals surface area contributed by atoms with Gasteiger partial charge in [0.2, 0.25) is 0 Å². The second-order valence-electron chi connectivity index (χ2n) is 6.80. The van der Waals surface area contributed by atoms with Gasteiger partial charge in [0, 0.05) is 23.5 Å². The van der Waals surface area contributed by atoms with Crippen LogP contribution in [0.1, 0.15) is 60.8 Å². The number of carbonyl (C=O) groups is 2. The molecule has 148 valence electrons. The monoisotopic (exact) mass is 390 g/mol. The third-order valence-corrected chi connectivity index (χ3v) is 6.30. The smallest absolute Gasteiger partial charge is 0.333 e. The maximum absolute atomic E-state index is 13.0. The molecule has 0 saturated carbocycles. The van der Waals surface area contributed by atoms with Gasteiger partial charge in [0.15, 0.2) is 0 Å². The van der Waals surface area contributed by atoms with Crippen LogP contribution in [0.25, 0.3) is 0 Å². The number of fused-ring (bicyclic) bond motifs is 1. The first-order valence-corrected chi connectivity index (χ1v) is 10.3. The fraction of sp³-hybridized carbons (Fsp3) is 0.524. The first-order valence-electron chi connectivity index (χ1n) is 9.51. The first kappa shape index (κ1) is 21.2. The van der Waals surface area contributed by atoms with Crippen LogP contribution < -0.4 is 10.6 Å². The Balaban J connectivity index is 2.19. The Labute approximate surface area is 165 Å². The van der Waals surface area contributed by atoms with E-state index in [0.717, 1.165) is 41.8 Å². The number of rotatable bonds is 7. The molecule has 0 spiro atoms. The summed E-state index contributed by atoms with van der Waals surface area (Å²) in [5.41, 5.74) is 3.61. The van der Waals surface area contributed by atoms with Crippen molar-refractivity contribution in [1.29, 1.82) is 0 Å². The van der Waals surface area contributed by atoms with Gasteiger partial charge in [0.1, 0.15) is 5.00 Å². The summed E-state index contributed by atoms with van der Waals surface area (Å²) in [5.74, 6) is -0.374. The van der Waals surface area contributed by atoms with Crippen LogP contribution in [-0.2, 0) is 22.4 Å². The Morgan fingerprint density at radius 1 is 1.26 bits per heavy atom. The fourth-order valence-corrected chi connectivity index (χ4v) is 4.61. The number of aryl methyl sites for hydroxylation is 1. The molecule has 1 aliphatic rings. The highest BCUT2D eigenvalue weighted by Gasteiger charge is 2.25. The zero-order valence-electron chi connectivity index (χ0n) is 16.9. The fourth-order valence-electron chi connectivity index (χ4n) is 3.37. The molecule has 1 amide bonds. The molecule has 0 aromatic carbocycles. The Morgan fingerprint density at radius 3 is 2.59 bits per heavy atom. The molecule has 1 heterocycles. The van der Waals surface area contributed by atoms with E-state index in [9.17, 15) is 9.59 Å². The number of hydrogen-bond acceptors (Lipinski definition) is 5. The number of ether oxygens (including phenoxy) is 1. The predicted molar refractivity (Wildman–Crippen MR) is 112 cm³/mol. The average Bonchev–Trinajstić information content (AvgIpc) is 3.06. The Hall–Kier alpha value is -2.08. The van der Waals surface area contributed by atoms with Crippen LogP contribution in [0.15, 0.2) is 23.3 Å². The topological polar surface area (TPSA) is 67.4 Å². The number of methoxy groups -OCH3 is 1. The van der Waals surface area contributed by atoms with Crippen molar-refractivity contribution in [3.63, 3.8) is 0 Å². The van der Waals surface area contributed by atoms with Crippen LogP contribution >= 0.6 is 11.3 Å². The van der Waals surface area contributed by atoms with Crippen molar-refractivity contribution < 1.29 is 14.3 Å². The van der Waals surface area contributed by atoms with E-state index in [1.807, 2.05) is 27.0 Å². The van der Waals surface area contributed by atoms with Gasteiger partial charge in [0.25, 0.3) is 5.91 Å². The first-order chi connectivity index (χ1) is 12.9. The summed E-state index contributed by atoms with van der Waals surface area (Å²) in [6.07, 6.45) is 8.81. The van der Waals surface area contributed by atoms with Crippen LogP contribution in [0.3, 0.4) is 0 Å². The molecule has 1 atom stereocenters. The third kappa shape index (κ3) is 5.01. The number of hydrogen-bond donors (Lipinski definition) is 2. The Kier molecular flexibility index (Phi) is 7.66. The number of nitrogens with one attached hydrogen (secondary N) is 2. The molecule has 27 heavy (non-hydrogen) atoms. The van der Waals surface area contributed by atoms with Gasteiger partial charge >= 0.3 is 5.97 Å². The highest BCUT2D eigenvalue weighted by atomic mass is 32.1. The number of thiophene rings is 1. The molecule has 0 saturated heterocycles. The molecule has 2 N–H and O–H groups in total. The van der Waals surface area contributed by atoms with Gasteiger partial charge in [-0.05, 0) is 57.1 Å². The molecule has 1 aromatic heterocycles. The quantitative estimate of drug-likeness (QED) is 0.415. The average molecular weight is 391 g/mol. The molecule has 2 rings (SSSR count). The zero-order chi connectivity index (χ0) is 20.0. The van der Waals surface area contributed by atoms with Crippen LogP contribution in [-0.4, -0.2) is 32.1 Å². The largest absolute Gasteiger partial charge is 0.466 e. The van der Waals surface area contributed by atoms with Gasteiger partial charge in [-0.3, -0.25) is 4.79 Å². The van der Waals surface area contributed by atoms with Crippen molar-refractivity contribution in [2.45, 2.75) is 58.9 Å². The van der Waals surface area contributed by atoms with Crippen molar-refractivity contribution in [3.05, 3.63) is 39.3 Å². The van der Waals surface area contributed by atoms with E-state index in [1.165, 1.54) is 24.0 Å². The van der Waals surface area contributed by atoms with Crippen molar-refractivity contribution in [3.8, 4) is 0 Å². The maximum Gasteiger partial charge on any atom is 0.333 e. The Bertz CT molecular complexity index is 762. The molecule has 0 bridgehead atoms. The number of esters is 1. The summed E-state index contributed by atoms with van der Waals surface area (Å²) in [6.45, 7) is 5.74. The van der Waals surface area contributed by atoms with Crippen molar-refractivity contribution >= 4 is 28.2 Å². The molecule has 0 fully saturated rings. The van der Waals surface area contributed by atoms with E-state index >= 15 is 0 Å². The lowest BCUT2D eigenvalue weighted by Gasteiger charge is -2.18. The van der Waals surface area contributed by atoms with Gasteiger partial charge in [-0.2, -0.15) is 0 Å². The van der Waals surface area contributed by atoms with E-state index < -0.39 is 0 Å². The lowest BCUT2D eigenvalue weighted by molar-refractivity contribution is -0.136. The molecule has 1 aliphatic carbocycles. The van der Waals surface area contributed by atoms with E-state index in [1.54, 1.807) is 24.3 Å². The van der Waals surface area contributed by atoms with Crippen LogP contribution in [0.4, 0.5) is 5.00 Å². The second kappa shape index (κ2) is 9.74. The lowest BCUT2D eigenvalue weighted by Crippen LogP contribution is -2.34. The Morgan fingerprint density at radius 2 is 1.96 bits per heavy atom. The summed E-state index contributed by atoms with van der Waals surface area (Å²) in [4.78, 5) is 25.9. The zero-order valence-corrected chi connectivity index (χ0v) is 17.7. The predicted octanol–water partition coefficient (Wildman–Crippen LogP) is 4.24. The molecule has 6 heteroatoms. The molecule has 5 nitrogen and oxygen atoms in total. The van der Waals surface area contributed by atoms with Crippen LogP contribution in [0, 0.1) is 0 Å². The van der Waals surface area contributed by atoms with Crippen LogP contribution in [0.5, 0.6) is 0 Å². The highest BCUT2D eigenvalue weighted by Crippen LogP contribution is 2.37. The summed E-state index contributed by atoms with van der Waals surface area (Å²) in [5, 5.41) is 7.28.